The van der Waals surface area contributed by atoms with Gasteiger partial charge in [-0.2, -0.15) is 20.3 Å². The van der Waals surface area contributed by atoms with Gasteiger partial charge in [0.1, 0.15) is 5.75 Å². The summed E-state index contributed by atoms with van der Waals surface area (Å²) in [7, 11) is 1.41. The van der Waals surface area contributed by atoms with Gasteiger partial charge in [0.05, 0.1) is 13.7 Å². The van der Waals surface area contributed by atoms with E-state index in [2.05, 4.69) is 30.7 Å². The van der Waals surface area contributed by atoms with Crippen LogP contribution in [0.4, 0.5) is 11.8 Å². The number of hydrogen-bond donors (Lipinski definition) is 5. The summed E-state index contributed by atoms with van der Waals surface area (Å²) >= 11 is 0. The lowest BCUT2D eigenvalue weighted by molar-refractivity contribution is 0.298. The van der Waals surface area contributed by atoms with Crippen LogP contribution in [-0.2, 0) is 6.54 Å². The number of anilines is 2. The first-order valence-electron chi connectivity index (χ1n) is 8.73. The Morgan fingerprint density at radius 3 is 2.64 bits per heavy atom. The van der Waals surface area contributed by atoms with Gasteiger partial charge in [-0.25, -0.2) is 0 Å². The third-order valence-electron chi connectivity index (χ3n) is 4.22. The lowest BCUT2D eigenvalue weighted by atomic mass is 10.1. The standard InChI is InChI=1S/C17H23N7O4/c1-9(2)24(4-5-25)17-19-15(14-16(20-17)22-23-21-14)18-8-10-6-12(27)13(28-3)7-11(10)26/h6-7,9,25-27H,4-5,8H2,1-3H3,(H2,18,19,20,21,22,23). The molecule has 0 fully saturated rings. The molecule has 2 aromatic heterocycles. The van der Waals surface area contributed by atoms with Gasteiger partial charge in [0.2, 0.25) is 11.6 Å². The van der Waals surface area contributed by atoms with Crippen LogP contribution in [0, 0.1) is 0 Å². The van der Waals surface area contributed by atoms with Gasteiger partial charge in [0.15, 0.2) is 22.8 Å². The number of benzene rings is 1. The van der Waals surface area contributed by atoms with E-state index in [1.165, 1.54) is 19.2 Å². The molecule has 0 aliphatic heterocycles. The van der Waals surface area contributed by atoms with Crippen LogP contribution in [0.3, 0.4) is 0 Å². The molecule has 0 aliphatic rings. The van der Waals surface area contributed by atoms with Crippen molar-refractivity contribution in [1.82, 2.24) is 25.4 Å². The minimum Gasteiger partial charge on any atom is -0.507 e. The minimum absolute atomic E-state index is 0.0306. The van der Waals surface area contributed by atoms with Crippen LogP contribution >= 0.6 is 0 Å². The smallest absolute Gasteiger partial charge is 0.229 e. The number of fused-ring (bicyclic) bond motifs is 1. The van der Waals surface area contributed by atoms with Crippen molar-refractivity contribution in [2.24, 2.45) is 0 Å². The summed E-state index contributed by atoms with van der Waals surface area (Å²) in [5, 5.41) is 43.1. The molecule has 0 spiro atoms. The Labute approximate surface area is 161 Å². The number of rotatable bonds is 8. The van der Waals surface area contributed by atoms with Crippen molar-refractivity contribution in [2.45, 2.75) is 26.4 Å². The van der Waals surface area contributed by atoms with Crippen molar-refractivity contribution in [1.29, 1.82) is 0 Å². The summed E-state index contributed by atoms with van der Waals surface area (Å²) in [4.78, 5) is 10.8. The van der Waals surface area contributed by atoms with E-state index in [9.17, 15) is 15.3 Å². The number of phenolic OH excluding ortho intramolecular Hbond substituents is 2. The van der Waals surface area contributed by atoms with E-state index in [0.717, 1.165) is 0 Å². The fourth-order valence-electron chi connectivity index (χ4n) is 2.77. The first kappa shape index (κ1) is 19.4. The first-order valence-corrected chi connectivity index (χ1v) is 8.73. The Balaban J connectivity index is 1.92. The Bertz CT molecular complexity index is 960. The van der Waals surface area contributed by atoms with Crippen LogP contribution in [-0.4, -0.2) is 67.0 Å². The third-order valence-corrected chi connectivity index (χ3v) is 4.22. The van der Waals surface area contributed by atoms with Crippen molar-refractivity contribution >= 4 is 22.9 Å². The minimum atomic E-state index is -0.0824. The van der Waals surface area contributed by atoms with Crippen LogP contribution in [0.25, 0.3) is 11.2 Å². The van der Waals surface area contributed by atoms with E-state index in [1.807, 2.05) is 18.7 Å². The van der Waals surface area contributed by atoms with Gasteiger partial charge in [0, 0.05) is 30.8 Å². The lowest BCUT2D eigenvalue weighted by Gasteiger charge is -2.26. The van der Waals surface area contributed by atoms with Crippen molar-refractivity contribution in [3.63, 3.8) is 0 Å². The summed E-state index contributed by atoms with van der Waals surface area (Å²) in [6.07, 6.45) is 0. The van der Waals surface area contributed by atoms with Gasteiger partial charge in [-0.3, -0.25) is 0 Å². The summed E-state index contributed by atoms with van der Waals surface area (Å²) in [5.41, 5.74) is 1.26. The van der Waals surface area contributed by atoms with Gasteiger partial charge in [-0.15, -0.1) is 5.10 Å². The fourth-order valence-corrected chi connectivity index (χ4v) is 2.77. The molecule has 0 saturated heterocycles. The molecule has 0 amide bonds. The maximum atomic E-state index is 10.1. The van der Waals surface area contributed by atoms with Crippen molar-refractivity contribution < 1.29 is 20.1 Å². The Morgan fingerprint density at radius 2 is 1.96 bits per heavy atom. The quantitative estimate of drug-likeness (QED) is 0.352. The van der Waals surface area contributed by atoms with Gasteiger partial charge in [0.25, 0.3) is 0 Å². The van der Waals surface area contributed by atoms with E-state index in [0.29, 0.717) is 35.0 Å². The predicted octanol–water partition coefficient (Wildman–Crippen LogP) is 0.987. The monoisotopic (exact) mass is 389 g/mol. The zero-order valence-corrected chi connectivity index (χ0v) is 15.8. The highest BCUT2D eigenvalue weighted by Crippen LogP contribution is 2.33. The highest BCUT2D eigenvalue weighted by Gasteiger charge is 2.18. The van der Waals surface area contributed by atoms with E-state index >= 15 is 0 Å². The van der Waals surface area contributed by atoms with E-state index in [-0.39, 0.29) is 36.4 Å². The Morgan fingerprint density at radius 1 is 1.18 bits per heavy atom. The molecule has 28 heavy (non-hydrogen) atoms. The number of hydrogen-bond acceptors (Lipinski definition) is 10. The Hall–Kier alpha value is -3.34. The summed E-state index contributed by atoms with van der Waals surface area (Å²) in [5.74, 6) is 0.876. The van der Waals surface area contributed by atoms with Crippen LogP contribution in [0.15, 0.2) is 12.1 Å². The van der Waals surface area contributed by atoms with Crippen LogP contribution in [0.1, 0.15) is 19.4 Å². The number of phenols is 2. The number of aromatic hydroxyl groups is 2. The van der Waals surface area contributed by atoms with Crippen LogP contribution in [0.2, 0.25) is 0 Å². The molecule has 0 saturated carbocycles. The SMILES string of the molecule is COc1cc(O)c(CNc2nc(N(CCO)C(C)C)nc3n[nH]nc23)cc1O. The van der Waals surface area contributed by atoms with Crippen molar-refractivity contribution in [2.75, 3.05) is 30.5 Å². The van der Waals surface area contributed by atoms with Gasteiger partial charge in [-0.05, 0) is 19.9 Å². The largest absolute Gasteiger partial charge is 0.507 e. The molecule has 11 nitrogen and oxygen atoms in total. The molecule has 3 aromatic rings. The maximum absolute atomic E-state index is 10.1. The number of methoxy groups -OCH3 is 1. The number of aromatic amines is 1. The lowest BCUT2D eigenvalue weighted by Crippen LogP contribution is -2.35. The molecule has 2 heterocycles. The number of aliphatic hydroxyl groups excluding tert-OH is 1. The summed E-state index contributed by atoms with van der Waals surface area (Å²) in [6.45, 7) is 4.44. The molecule has 11 heteroatoms. The van der Waals surface area contributed by atoms with E-state index in [4.69, 9.17) is 4.74 Å². The second-order valence-electron chi connectivity index (χ2n) is 6.39. The van der Waals surface area contributed by atoms with Gasteiger partial charge < -0.3 is 30.3 Å². The second-order valence-corrected chi connectivity index (χ2v) is 6.39. The predicted molar refractivity (Wildman–Crippen MR) is 103 cm³/mol. The van der Waals surface area contributed by atoms with E-state index < -0.39 is 0 Å². The average Bonchev–Trinajstić information content (AvgIpc) is 3.14. The highest BCUT2D eigenvalue weighted by molar-refractivity contribution is 5.83. The molecular formula is C17H23N7O4. The van der Waals surface area contributed by atoms with Crippen LogP contribution < -0.4 is 15.0 Å². The maximum Gasteiger partial charge on any atom is 0.229 e. The number of nitrogens with zero attached hydrogens (tertiary/aromatic N) is 5. The molecule has 0 atom stereocenters. The van der Waals surface area contributed by atoms with Crippen LogP contribution in [0.5, 0.6) is 17.2 Å². The average molecular weight is 389 g/mol. The second kappa shape index (κ2) is 8.13. The molecule has 150 valence electrons. The normalized spacial score (nSPS) is 11.2. The molecule has 1 aromatic carbocycles. The highest BCUT2D eigenvalue weighted by atomic mass is 16.5. The Kier molecular flexibility index (Phi) is 5.64. The molecule has 0 aliphatic carbocycles. The van der Waals surface area contributed by atoms with Crippen molar-refractivity contribution in [3.05, 3.63) is 17.7 Å². The number of nitrogens with one attached hydrogen (secondary N) is 2. The molecule has 0 unspecified atom stereocenters. The molecule has 0 bridgehead atoms. The molecule has 0 radical (unpaired) electrons. The number of aromatic nitrogens is 5. The van der Waals surface area contributed by atoms with Gasteiger partial charge in [-0.1, -0.05) is 0 Å². The fraction of sp³-hybridized carbons (Fsp3) is 0.412. The molecule has 5 N–H and O–H groups in total. The zero-order valence-electron chi connectivity index (χ0n) is 15.8. The topological polar surface area (TPSA) is 153 Å². The molecular weight excluding hydrogens is 366 g/mol. The third kappa shape index (κ3) is 3.83. The van der Waals surface area contributed by atoms with E-state index in [1.54, 1.807) is 0 Å². The van der Waals surface area contributed by atoms with Crippen molar-refractivity contribution in [3.8, 4) is 17.2 Å². The number of ether oxygens (including phenoxy) is 1. The first-order chi connectivity index (χ1) is 13.4. The summed E-state index contributed by atoms with van der Waals surface area (Å²) < 4.78 is 4.98. The summed E-state index contributed by atoms with van der Waals surface area (Å²) in [6, 6.07) is 2.81. The zero-order chi connectivity index (χ0) is 20.3. The number of aliphatic hydroxyl groups is 1. The molecule has 3 rings (SSSR count). The van der Waals surface area contributed by atoms with Gasteiger partial charge >= 0.3 is 0 Å². The number of H-pyrrole nitrogens is 1.